The van der Waals surface area contributed by atoms with E-state index in [2.05, 4.69) is 4.94 Å². The topological polar surface area (TPSA) is 0 Å². The normalized spacial score (nSPS) is 1.50. The first-order valence-corrected chi connectivity index (χ1v) is 3.87. The Morgan fingerprint density at radius 2 is 1.25 bits per heavy atom. The number of hydrogen-bond donors (Lipinski definition) is 0. The molecular formula is CH7GaPdSn. The molecule has 0 aliphatic rings. The minimum Gasteiger partial charge on any atom is 0 e. The Morgan fingerprint density at radius 3 is 1.25 bits per heavy atom. The third kappa shape index (κ3) is 8.94. The summed E-state index contributed by atoms with van der Waals surface area (Å²) in [5.74, 6) is 0. The molecule has 0 heterocycles. The molecule has 0 aromatic carbocycles. The molecule has 0 aliphatic carbocycles. The Labute approximate surface area is 66.9 Å². The fraction of sp³-hybridized carbons (Fsp3) is 1.00. The largest absolute Gasteiger partial charge is 0 e. The Kier molecular flexibility index (Phi) is 80.3. The van der Waals surface area contributed by atoms with Gasteiger partial charge >= 0.3 is 47.3 Å². The van der Waals surface area contributed by atoms with Crippen molar-refractivity contribution >= 4 is 42.3 Å². The van der Waals surface area contributed by atoms with Crippen molar-refractivity contribution in [2.75, 3.05) is 0 Å². The van der Waals surface area contributed by atoms with Gasteiger partial charge in [0.2, 0.25) is 0 Å². The van der Waals surface area contributed by atoms with Gasteiger partial charge in [-0.3, -0.25) is 0 Å². The molecule has 3 heteroatoms. The first-order chi connectivity index (χ1) is 1.00. The van der Waals surface area contributed by atoms with Gasteiger partial charge < -0.3 is 0 Å². The van der Waals surface area contributed by atoms with Crippen LogP contribution in [0.4, 0.5) is 0 Å². The van der Waals surface area contributed by atoms with Gasteiger partial charge in [0.15, 0.2) is 0 Å². The fourth-order valence-electron chi connectivity index (χ4n) is 0. The molecule has 28 valence electrons. The van der Waals surface area contributed by atoms with Crippen molar-refractivity contribution in [3.8, 4) is 0 Å². The molecule has 0 aromatic heterocycles. The minimum atomic E-state index is 0. The average molecular weight is 314 g/mol. The predicted octanol–water partition coefficient (Wildman–Crippen LogP) is -1.25. The zero-order valence-electron chi connectivity index (χ0n) is 1.89. The molecule has 0 spiro atoms. The van der Waals surface area contributed by atoms with Crippen LogP contribution in [0.15, 0.2) is 0 Å². The fourth-order valence-corrected chi connectivity index (χ4v) is 0. The van der Waals surface area contributed by atoms with E-state index in [0.717, 1.165) is 0 Å². The van der Waals surface area contributed by atoms with Crippen LogP contribution in [-0.4, -0.2) is 42.3 Å². The number of rotatable bonds is 0. The zero-order valence-corrected chi connectivity index (χ0v) is 6.74. The summed E-state index contributed by atoms with van der Waals surface area (Å²) in [6.07, 6.45) is 0. The van der Waals surface area contributed by atoms with Gasteiger partial charge in [-0.1, -0.05) is 0 Å². The Bertz CT molecular complexity index is 8.00. The summed E-state index contributed by atoms with van der Waals surface area (Å²) in [4.78, 5) is 2.13. The van der Waals surface area contributed by atoms with E-state index < -0.39 is 0 Å². The van der Waals surface area contributed by atoms with Crippen molar-refractivity contribution in [1.82, 2.24) is 0 Å². The van der Waals surface area contributed by atoms with Gasteiger partial charge in [-0.05, 0) is 0 Å². The first kappa shape index (κ1) is 16.5. The van der Waals surface area contributed by atoms with Gasteiger partial charge in [0.25, 0.3) is 0 Å². The number of hydrogen-bond acceptors (Lipinski definition) is 0. The van der Waals surface area contributed by atoms with Crippen LogP contribution < -0.4 is 0 Å². The van der Waals surface area contributed by atoms with E-state index in [9.17, 15) is 0 Å². The monoisotopic (exact) mass is 314 g/mol. The van der Waals surface area contributed by atoms with E-state index in [1.165, 1.54) is 22.5 Å². The van der Waals surface area contributed by atoms with Gasteiger partial charge in [-0.25, -0.2) is 0 Å². The maximum atomic E-state index is 2.13. The van der Waals surface area contributed by atoms with Crippen LogP contribution in [0.25, 0.3) is 0 Å². The summed E-state index contributed by atoms with van der Waals surface area (Å²) in [6.45, 7) is 0. The van der Waals surface area contributed by atoms with Crippen LogP contribution in [0.5, 0.6) is 0 Å². The molecule has 4 heavy (non-hydrogen) atoms. The van der Waals surface area contributed by atoms with E-state index in [-0.39, 0.29) is 40.2 Å². The molecule has 0 atom stereocenters. The summed E-state index contributed by atoms with van der Waals surface area (Å²) in [6, 6.07) is 0. The summed E-state index contributed by atoms with van der Waals surface area (Å²) in [5, 5.41) is 0. The smallest absolute Gasteiger partial charge is 0 e. The molecule has 0 aromatic rings. The second kappa shape index (κ2) is 19.5. The van der Waals surface area contributed by atoms with Gasteiger partial charge in [0.1, 0.15) is 0 Å². The summed E-state index contributed by atoms with van der Waals surface area (Å²) < 4.78 is 0. The first-order valence-electron chi connectivity index (χ1n) is 0.577. The Balaban J connectivity index is -0.00000000500. The van der Waals surface area contributed by atoms with Crippen molar-refractivity contribution in [1.29, 1.82) is 0 Å². The molecule has 0 saturated carbocycles. The third-order valence-electron chi connectivity index (χ3n) is 0. The average Bonchev–Trinajstić information content (AvgIpc) is 1.00. The summed E-state index contributed by atoms with van der Waals surface area (Å²) >= 11 is 1.35. The van der Waals surface area contributed by atoms with Crippen LogP contribution in [0, 0.1) is 0 Å². The molecule has 2 radical (unpaired) electrons. The van der Waals surface area contributed by atoms with E-state index in [4.69, 9.17) is 0 Å². The van der Waals surface area contributed by atoms with Crippen LogP contribution in [0.1, 0.15) is 0 Å². The van der Waals surface area contributed by atoms with Crippen LogP contribution in [0.2, 0.25) is 4.94 Å². The molecule has 0 unspecified atom stereocenters. The van der Waals surface area contributed by atoms with Crippen molar-refractivity contribution < 1.29 is 20.4 Å². The maximum absolute atomic E-state index is 2.13. The van der Waals surface area contributed by atoms with Crippen molar-refractivity contribution in [3.63, 3.8) is 0 Å². The van der Waals surface area contributed by atoms with Gasteiger partial charge in [-0.15, -0.1) is 0 Å². The Hall–Kier alpha value is 2.10. The van der Waals surface area contributed by atoms with E-state index >= 15 is 0 Å². The molecule has 0 N–H and O–H groups in total. The predicted molar refractivity (Wildman–Crippen MR) is 23.0 cm³/mol. The molecule has 0 fully saturated rings. The standard InChI is InChI=1S/CH3.Ga.Pd.Sn.4H/h1H3;;;;;;;. The van der Waals surface area contributed by atoms with E-state index in [1.807, 2.05) is 0 Å². The maximum Gasteiger partial charge on any atom is 0 e. The second-order valence-corrected chi connectivity index (χ2v) is 0. The minimum absolute atomic E-state index is 0. The second-order valence-electron chi connectivity index (χ2n) is 0. The SMILES string of the molecule is [CH3][SnH].[GaH3].[Pd]. The van der Waals surface area contributed by atoms with Gasteiger partial charge in [0, 0.05) is 20.4 Å². The summed E-state index contributed by atoms with van der Waals surface area (Å²) in [7, 11) is 0. The van der Waals surface area contributed by atoms with E-state index in [1.54, 1.807) is 0 Å². The molecule has 0 aliphatic heterocycles. The van der Waals surface area contributed by atoms with Crippen LogP contribution in [-0.2, 0) is 20.4 Å². The molecule has 0 bridgehead atoms. The Morgan fingerprint density at radius 1 is 1.25 bits per heavy atom. The van der Waals surface area contributed by atoms with Crippen molar-refractivity contribution in [3.05, 3.63) is 0 Å². The molecular weight excluding hydrogens is 307 g/mol. The van der Waals surface area contributed by atoms with Crippen molar-refractivity contribution in [2.45, 2.75) is 4.94 Å². The molecule has 0 nitrogen and oxygen atoms in total. The zero-order chi connectivity index (χ0) is 2.00. The van der Waals surface area contributed by atoms with Gasteiger partial charge in [-0.2, -0.15) is 0 Å². The van der Waals surface area contributed by atoms with E-state index in [0.29, 0.717) is 0 Å². The summed E-state index contributed by atoms with van der Waals surface area (Å²) in [5.41, 5.74) is 0. The molecule has 0 saturated heterocycles. The van der Waals surface area contributed by atoms with Crippen molar-refractivity contribution in [2.24, 2.45) is 0 Å². The quantitative estimate of drug-likeness (QED) is 0.490. The molecule has 0 amide bonds. The molecule has 0 rings (SSSR count). The third-order valence-corrected chi connectivity index (χ3v) is 0. The van der Waals surface area contributed by atoms with Crippen LogP contribution >= 0.6 is 0 Å². The van der Waals surface area contributed by atoms with Gasteiger partial charge in [0.05, 0.1) is 0 Å². The van der Waals surface area contributed by atoms with Crippen LogP contribution in [0.3, 0.4) is 0 Å².